The fourth-order valence-electron chi connectivity index (χ4n) is 2.50. The second-order valence-corrected chi connectivity index (χ2v) is 5.48. The van der Waals surface area contributed by atoms with Crippen molar-refractivity contribution < 1.29 is 9.90 Å². The largest absolute Gasteiger partial charge is 0.395 e. The van der Waals surface area contributed by atoms with Crippen LogP contribution in [0.25, 0.3) is 16.9 Å². The van der Waals surface area contributed by atoms with Gasteiger partial charge >= 0.3 is 6.03 Å². The highest BCUT2D eigenvalue weighted by Crippen LogP contribution is 2.23. The smallest absolute Gasteiger partial charge is 0.315 e. The van der Waals surface area contributed by atoms with Crippen molar-refractivity contribution in [3.8, 4) is 16.9 Å². The summed E-state index contributed by atoms with van der Waals surface area (Å²) in [6, 6.07) is 19.4. The van der Waals surface area contributed by atoms with Gasteiger partial charge in [0.2, 0.25) is 0 Å². The van der Waals surface area contributed by atoms with Gasteiger partial charge in [0.25, 0.3) is 0 Å². The van der Waals surface area contributed by atoms with Crippen LogP contribution in [0.4, 0.5) is 4.79 Å². The third kappa shape index (κ3) is 4.24. The Morgan fingerprint density at radius 3 is 2.36 bits per heavy atom. The Balaban J connectivity index is 1.87. The molecule has 0 saturated heterocycles. The number of carbonyl (C=O) groups excluding carboxylic acids is 1. The number of rotatable bonds is 6. The number of nitrogens with zero attached hydrogens (tertiary/aromatic N) is 2. The van der Waals surface area contributed by atoms with E-state index in [0.717, 1.165) is 22.5 Å². The Hall–Kier alpha value is -3.12. The van der Waals surface area contributed by atoms with Gasteiger partial charge < -0.3 is 15.7 Å². The van der Waals surface area contributed by atoms with Crippen molar-refractivity contribution in [2.75, 3.05) is 13.2 Å². The molecule has 0 atom stereocenters. The number of hydrogen-bond acceptors (Lipinski definition) is 3. The van der Waals surface area contributed by atoms with E-state index in [9.17, 15) is 4.79 Å². The summed E-state index contributed by atoms with van der Waals surface area (Å²) < 4.78 is 1.81. The highest BCUT2D eigenvalue weighted by atomic mass is 16.3. The van der Waals surface area contributed by atoms with E-state index in [-0.39, 0.29) is 19.2 Å². The zero-order valence-corrected chi connectivity index (χ0v) is 13.7. The molecular weight excluding hydrogens is 316 g/mol. The number of aromatic nitrogens is 2. The van der Waals surface area contributed by atoms with E-state index in [1.54, 1.807) is 0 Å². The molecule has 0 bridgehead atoms. The van der Waals surface area contributed by atoms with Crippen LogP contribution in [0, 0.1) is 0 Å². The van der Waals surface area contributed by atoms with E-state index in [2.05, 4.69) is 10.6 Å². The molecule has 0 aliphatic heterocycles. The molecule has 0 spiro atoms. The molecule has 6 nitrogen and oxygen atoms in total. The Morgan fingerprint density at radius 2 is 1.68 bits per heavy atom. The number of benzene rings is 2. The van der Waals surface area contributed by atoms with Gasteiger partial charge in [-0.1, -0.05) is 48.5 Å². The fraction of sp³-hybridized carbons (Fsp3) is 0.158. The van der Waals surface area contributed by atoms with E-state index in [1.165, 1.54) is 0 Å². The molecule has 128 valence electrons. The Labute approximate surface area is 146 Å². The summed E-state index contributed by atoms with van der Waals surface area (Å²) in [7, 11) is 0. The van der Waals surface area contributed by atoms with Gasteiger partial charge in [0.05, 0.1) is 18.0 Å². The first kappa shape index (κ1) is 16.7. The van der Waals surface area contributed by atoms with Crippen molar-refractivity contribution in [3.05, 3.63) is 72.4 Å². The van der Waals surface area contributed by atoms with Crippen LogP contribution in [0.3, 0.4) is 0 Å². The monoisotopic (exact) mass is 336 g/mol. The molecule has 0 unspecified atom stereocenters. The standard InChI is InChI=1S/C19H20N4O2/c24-12-11-20-19(25)21-13-16-14-23(17-9-5-2-6-10-17)22-18(16)15-7-3-1-4-8-15/h1-10,14,24H,11-13H2,(H2,20,21,25). The number of aliphatic hydroxyl groups excluding tert-OH is 1. The number of para-hydroxylation sites is 1. The van der Waals surface area contributed by atoms with Crippen molar-refractivity contribution >= 4 is 6.03 Å². The van der Waals surface area contributed by atoms with Gasteiger partial charge in [-0.3, -0.25) is 0 Å². The third-order valence-corrected chi connectivity index (χ3v) is 3.69. The van der Waals surface area contributed by atoms with Crippen LogP contribution in [0.5, 0.6) is 0 Å². The van der Waals surface area contributed by atoms with Crippen molar-refractivity contribution in [1.82, 2.24) is 20.4 Å². The summed E-state index contributed by atoms with van der Waals surface area (Å²) in [5.74, 6) is 0. The molecule has 2 amide bonds. The average molecular weight is 336 g/mol. The molecule has 0 radical (unpaired) electrons. The quantitative estimate of drug-likeness (QED) is 0.646. The van der Waals surface area contributed by atoms with Gasteiger partial charge in [-0.15, -0.1) is 0 Å². The minimum atomic E-state index is -0.319. The molecule has 0 saturated carbocycles. The maximum Gasteiger partial charge on any atom is 0.315 e. The van der Waals surface area contributed by atoms with Crippen LogP contribution in [-0.2, 0) is 6.54 Å². The van der Waals surface area contributed by atoms with E-state index >= 15 is 0 Å². The van der Waals surface area contributed by atoms with Gasteiger partial charge in [0.1, 0.15) is 0 Å². The van der Waals surface area contributed by atoms with Gasteiger partial charge in [0, 0.05) is 30.4 Å². The summed E-state index contributed by atoms with van der Waals surface area (Å²) in [4.78, 5) is 11.7. The molecule has 3 N–H and O–H groups in total. The van der Waals surface area contributed by atoms with E-state index < -0.39 is 0 Å². The molecule has 3 aromatic rings. The molecule has 0 fully saturated rings. The maximum atomic E-state index is 11.7. The highest BCUT2D eigenvalue weighted by molar-refractivity contribution is 5.74. The highest BCUT2D eigenvalue weighted by Gasteiger charge is 2.13. The molecule has 1 heterocycles. The third-order valence-electron chi connectivity index (χ3n) is 3.69. The number of amides is 2. The van der Waals surface area contributed by atoms with Crippen LogP contribution < -0.4 is 10.6 Å². The molecule has 6 heteroatoms. The molecule has 1 aromatic heterocycles. The molecular formula is C19H20N4O2. The van der Waals surface area contributed by atoms with Crippen LogP contribution in [0.15, 0.2) is 66.9 Å². The van der Waals surface area contributed by atoms with Crippen LogP contribution >= 0.6 is 0 Å². The summed E-state index contributed by atoms with van der Waals surface area (Å²) in [6.07, 6.45) is 1.92. The van der Waals surface area contributed by atoms with E-state index in [0.29, 0.717) is 6.54 Å². The second-order valence-electron chi connectivity index (χ2n) is 5.48. The summed E-state index contributed by atoms with van der Waals surface area (Å²) in [6.45, 7) is 0.476. The lowest BCUT2D eigenvalue weighted by Gasteiger charge is -2.06. The number of nitrogens with one attached hydrogen (secondary N) is 2. The minimum absolute atomic E-state index is 0.0887. The van der Waals surface area contributed by atoms with Crippen molar-refractivity contribution in [2.24, 2.45) is 0 Å². The van der Waals surface area contributed by atoms with Crippen molar-refractivity contribution in [1.29, 1.82) is 0 Å². The molecule has 0 aliphatic carbocycles. The number of hydrogen-bond donors (Lipinski definition) is 3. The van der Waals surface area contributed by atoms with E-state index in [1.807, 2.05) is 71.5 Å². The lowest BCUT2D eigenvalue weighted by Crippen LogP contribution is -2.36. The first-order valence-electron chi connectivity index (χ1n) is 8.10. The second kappa shape index (κ2) is 8.12. The van der Waals surface area contributed by atoms with Crippen LogP contribution in [0.1, 0.15) is 5.56 Å². The average Bonchev–Trinajstić information content (AvgIpc) is 3.10. The lowest BCUT2D eigenvalue weighted by atomic mass is 10.1. The number of aliphatic hydroxyl groups is 1. The van der Waals surface area contributed by atoms with Crippen LogP contribution in [-0.4, -0.2) is 34.1 Å². The SMILES string of the molecule is O=C(NCCO)NCc1cn(-c2ccccc2)nc1-c1ccccc1. The molecule has 0 aliphatic rings. The van der Waals surface area contributed by atoms with E-state index in [4.69, 9.17) is 10.2 Å². The summed E-state index contributed by atoms with van der Waals surface area (Å²) in [5, 5.41) is 18.8. The molecule has 25 heavy (non-hydrogen) atoms. The summed E-state index contributed by atoms with van der Waals surface area (Å²) in [5.41, 5.74) is 3.68. The Kier molecular flexibility index (Phi) is 5.43. The van der Waals surface area contributed by atoms with Gasteiger partial charge in [-0.25, -0.2) is 9.48 Å². The van der Waals surface area contributed by atoms with Gasteiger partial charge in [-0.2, -0.15) is 5.10 Å². The number of carbonyl (C=O) groups is 1. The predicted octanol–water partition coefficient (Wildman–Crippen LogP) is 2.33. The topological polar surface area (TPSA) is 79.2 Å². The Morgan fingerprint density at radius 1 is 1.00 bits per heavy atom. The van der Waals surface area contributed by atoms with Crippen LogP contribution in [0.2, 0.25) is 0 Å². The molecule has 3 rings (SSSR count). The maximum absolute atomic E-state index is 11.7. The first-order valence-corrected chi connectivity index (χ1v) is 8.10. The van der Waals surface area contributed by atoms with Gasteiger partial charge in [0.15, 0.2) is 0 Å². The lowest BCUT2D eigenvalue weighted by molar-refractivity contribution is 0.234. The fourth-order valence-corrected chi connectivity index (χ4v) is 2.50. The zero-order chi connectivity index (χ0) is 17.5. The minimum Gasteiger partial charge on any atom is -0.395 e. The van der Waals surface area contributed by atoms with Gasteiger partial charge in [-0.05, 0) is 12.1 Å². The normalized spacial score (nSPS) is 10.4. The van der Waals surface area contributed by atoms with Crippen molar-refractivity contribution in [2.45, 2.75) is 6.54 Å². The Bertz CT molecular complexity index is 816. The number of urea groups is 1. The first-order chi connectivity index (χ1) is 12.3. The zero-order valence-electron chi connectivity index (χ0n) is 13.7. The summed E-state index contributed by atoms with van der Waals surface area (Å²) >= 11 is 0. The van der Waals surface area contributed by atoms with Crippen molar-refractivity contribution in [3.63, 3.8) is 0 Å². The molecule has 2 aromatic carbocycles. The predicted molar refractivity (Wildman–Crippen MR) is 96.3 cm³/mol.